The first-order valence-electron chi connectivity index (χ1n) is 24.4. The number of allylic oxidation sites excluding steroid dienone is 4. The van der Waals surface area contributed by atoms with E-state index in [1.54, 1.807) is 24.3 Å². The number of nitrogens with zero attached hydrogens (tertiary/aromatic N) is 2. The Morgan fingerprint density at radius 2 is 1.00 bits per heavy atom. The Bertz CT molecular complexity index is 1250. The van der Waals surface area contributed by atoms with Crippen molar-refractivity contribution >= 4 is 23.7 Å². The second-order valence-electron chi connectivity index (χ2n) is 16.6. The van der Waals surface area contributed by atoms with Crippen LogP contribution in [-0.2, 0) is 14.4 Å². The Morgan fingerprint density at radius 1 is 0.567 bits per heavy atom. The van der Waals surface area contributed by atoms with Gasteiger partial charge in [-0.25, -0.2) is 0 Å². The molecule has 1 rings (SSSR count). The molecule has 1 aromatic carbocycles. The van der Waals surface area contributed by atoms with E-state index in [2.05, 4.69) is 48.4 Å². The number of unbranched alkanes of at least 4 members (excludes halogenated alkanes) is 22. The zero-order valence-corrected chi connectivity index (χ0v) is 38.7. The van der Waals surface area contributed by atoms with E-state index in [1.165, 1.54) is 115 Å². The van der Waals surface area contributed by atoms with Gasteiger partial charge in [-0.05, 0) is 76.3 Å². The summed E-state index contributed by atoms with van der Waals surface area (Å²) in [5.74, 6) is -0.799. The minimum Gasteiger partial charge on any atom is -0.426 e. The van der Waals surface area contributed by atoms with Crippen molar-refractivity contribution in [2.75, 3.05) is 39.3 Å². The van der Waals surface area contributed by atoms with Gasteiger partial charge in [0.25, 0.3) is 5.91 Å². The fourth-order valence-corrected chi connectivity index (χ4v) is 7.43. The number of ether oxygens (including phenoxy) is 1. The fraction of sp³-hybridized carbons (Fsp3) is 0.725. The molecule has 0 radical (unpaired) electrons. The molecule has 1 aromatic rings. The van der Waals surface area contributed by atoms with Crippen molar-refractivity contribution in [1.29, 1.82) is 0 Å². The second kappa shape index (κ2) is 39.8. The van der Waals surface area contributed by atoms with E-state index in [4.69, 9.17) is 10.5 Å². The van der Waals surface area contributed by atoms with Gasteiger partial charge in [0.15, 0.2) is 0 Å². The average molecular weight is 837 g/mol. The number of amides is 3. The summed E-state index contributed by atoms with van der Waals surface area (Å²) in [4.78, 5) is 55.2. The molecule has 0 saturated heterocycles. The lowest BCUT2D eigenvalue weighted by molar-refractivity contribution is -0.145. The Labute approximate surface area is 367 Å². The zero-order valence-electron chi connectivity index (χ0n) is 38.7. The molecule has 0 aliphatic heterocycles. The first-order chi connectivity index (χ1) is 29.3. The molecule has 0 aliphatic rings. The third-order valence-electron chi connectivity index (χ3n) is 11.1. The minimum atomic E-state index is -0.493. The van der Waals surface area contributed by atoms with Crippen LogP contribution in [0.5, 0.6) is 5.75 Å². The van der Waals surface area contributed by atoms with E-state index < -0.39 is 5.97 Å². The minimum absolute atomic E-state index is 0.0894. The van der Waals surface area contributed by atoms with Crippen LogP contribution in [0.4, 0.5) is 0 Å². The van der Waals surface area contributed by atoms with Crippen LogP contribution in [0.2, 0.25) is 0 Å². The highest BCUT2D eigenvalue weighted by molar-refractivity contribution is 5.97. The van der Waals surface area contributed by atoms with Crippen molar-refractivity contribution in [3.63, 3.8) is 0 Å². The SMILES string of the molecule is CCCCCCCCC=CCCCCCCCC(=O)N(CCN(CCN)CCNC(=O)c1ccccc1OC(C)=O)C(=O)CCCCCCCC=CCCCCCCCC. The quantitative estimate of drug-likeness (QED) is 0.0292. The number of hydrogen-bond acceptors (Lipinski definition) is 7. The molecule has 0 aliphatic carbocycles. The lowest BCUT2D eigenvalue weighted by Crippen LogP contribution is -2.45. The van der Waals surface area contributed by atoms with Crippen molar-refractivity contribution in [2.45, 2.75) is 201 Å². The summed E-state index contributed by atoms with van der Waals surface area (Å²) in [7, 11) is 0. The van der Waals surface area contributed by atoms with E-state index >= 15 is 0 Å². The number of carbonyl (C=O) groups excluding carboxylic acids is 4. The van der Waals surface area contributed by atoms with Crippen LogP contribution in [0, 0.1) is 0 Å². The summed E-state index contributed by atoms with van der Waals surface area (Å²) in [5.41, 5.74) is 6.24. The Balaban J connectivity index is 2.57. The Hall–Kier alpha value is -3.30. The van der Waals surface area contributed by atoms with Crippen molar-refractivity contribution in [3.05, 3.63) is 54.1 Å². The van der Waals surface area contributed by atoms with Gasteiger partial charge in [0.1, 0.15) is 5.75 Å². The largest absolute Gasteiger partial charge is 0.426 e. The van der Waals surface area contributed by atoms with Crippen LogP contribution < -0.4 is 15.8 Å². The van der Waals surface area contributed by atoms with Gasteiger partial charge in [0, 0.05) is 59.0 Å². The van der Waals surface area contributed by atoms with Crippen molar-refractivity contribution in [1.82, 2.24) is 15.1 Å². The molecule has 342 valence electrons. The van der Waals surface area contributed by atoms with Gasteiger partial charge in [0.2, 0.25) is 11.8 Å². The van der Waals surface area contributed by atoms with E-state index in [0.717, 1.165) is 64.2 Å². The van der Waals surface area contributed by atoms with Gasteiger partial charge in [-0.2, -0.15) is 0 Å². The van der Waals surface area contributed by atoms with E-state index in [-0.39, 0.29) is 29.0 Å². The first-order valence-corrected chi connectivity index (χ1v) is 24.4. The molecule has 0 fully saturated rings. The number of rotatable bonds is 40. The van der Waals surface area contributed by atoms with Gasteiger partial charge >= 0.3 is 5.97 Å². The van der Waals surface area contributed by atoms with E-state index in [1.807, 2.05) is 0 Å². The highest BCUT2D eigenvalue weighted by atomic mass is 16.5. The molecular formula is C51H88N4O5. The number of nitrogens with two attached hydrogens (primary N) is 1. The lowest BCUT2D eigenvalue weighted by Gasteiger charge is -2.27. The standard InChI is InChI=1S/C51H88N4O5/c1-4-6-8-10-12-14-16-18-20-22-24-26-28-30-32-38-49(57)55(50(58)39-33-31-29-27-25-23-21-19-17-15-13-11-9-7-5-2)45-44-54(42-40-52)43-41-53-51(59)47-36-34-35-37-48(47)60-46(3)56/h18-21,34-37H,4-17,22-33,38-45,52H2,1-3H3,(H,53,59). The number of carbonyl (C=O) groups is 4. The maximum absolute atomic E-state index is 13.6. The highest BCUT2D eigenvalue weighted by Crippen LogP contribution is 2.18. The number of imide groups is 1. The molecule has 3 amide bonds. The monoisotopic (exact) mass is 837 g/mol. The molecular weight excluding hydrogens is 749 g/mol. The van der Waals surface area contributed by atoms with Crippen molar-refractivity contribution < 1.29 is 23.9 Å². The van der Waals surface area contributed by atoms with E-state index in [9.17, 15) is 19.2 Å². The predicted molar refractivity (Wildman–Crippen MR) is 251 cm³/mol. The number of esters is 1. The summed E-state index contributed by atoms with van der Waals surface area (Å²) in [6.07, 6.45) is 41.2. The summed E-state index contributed by atoms with van der Waals surface area (Å²) in [6, 6.07) is 6.64. The van der Waals surface area contributed by atoms with Gasteiger partial charge in [0.05, 0.1) is 5.56 Å². The Morgan fingerprint density at radius 3 is 1.45 bits per heavy atom. The summed E-state index contributed by atoms with van der Waals surface area (Å²) in [6.45, 7) is 8.41. The van der Waals surface area contributed by atoms with E-state index in [0.29, 0.717) is 52.1 Å². The topological polar surface area (TPSA) is 122 Å². The van der Waals surface area contributed by atoms with Crippen LogP contribution in [0.1, 0.15) is 211 Å². The Kier molecular flexibility index (Phi) is 36.3. The van der Waals surface area contributed by atoms with Crippen LogP contribution in [0.25, 0.3) is 0 Å². The lowest BCUT2D eigenvalue weighted by atomic mass is 10.1. The molecule has 0 aromatic heterocycles. The molecule has 0 saturated carbocycles. The second-order valence-corrected chi connectivity index (χ2v) is 16.6. The molecule has 3 N–H and O–H groups in total. The van der Waals surface area contributed by atoms with Crippen LogP contribution in [0.15, 0.2) is 48.6 Å². The smallest absolute Gasteiger partial charge is 0.308 e. The van der Waals surface area contributed by atoms with Gasteiger partial charge < -0.3 is 15.8 Å². The maximum Gasteiger partial charge on any atom is 0.308 e. The third-order valence-corrected chi connectivity index (χ3v) is 11.1. The van der Waals surface area contributed by atoms with Gasteiger partial charge in [-0.15, -0.1) is 0 Å². The summed E-state index contributed by atoms with van der Waals surface area (Å²) in [5, 5.41) is 2.91. The molecule has 0 atom stereocenters. The first kappa shape index (κ1) is 54.7. The number of nitrogens with one attached hydrogen (secondary N) is 1. The van der Waals surface area contributed by atoms with Gasteiger partial charge in [-0.1, -0.05) is 153 Å². The molecule has 9 nitrogen and oxygen atoms in total. The highest BCUT2D eigenvalue weighted by Gasteiger charge is 2.22. The van der Waals surface area contributed by atoms with Crippen LogP contribution in [-0.4, -0.2) is 72.8 Å². The van der Waals surface area contributed by atoms with Crippen LogP contribution in [0.3, 0.4) is 0 Å². The normalized spacial score (nSPS) is 11.6. The number of hydrogen-bond donors (Lipinski definition) is 2. The predicted octanol–water partition coefficient (Wildman–Crippen LogP) is 12.0. The average Bonchev–Trinajstić information content (AvgIpc) is 3.23. The molecule has 0 spiro atoms. The summed E-state index contributed by atoms with van der Waals surface area (Å²) < 4.78 is 5.21. The van der Waals surface area contributed by atoms with Gasteiger partial charge in [-0.3, -0.25) is 29.0 Å². The molecule has 0 bridgehead atoms. The number of para-hydroxylation sites is 1. The van der Waals surface area contributed by atoms with Crippen molar-refractivity contribution in [3.8, 4) is 5.75 Å². The zero-order chi connectivity index (χ0) is 43.7. The fourth-order valence-electron chi connectivity index (χ4n) is 7.43. The molecule has 60 heavy (non-hydrogen) atoms. The molecule has 0 unspecified atom stereocenters. The molecule has 9 heteroatoms. The number of benzene rings is 1. The molecule has 0 heterocycles. The van der Waals surface area contributed by atoms with Crippen molar-refractivity contribution in [2.24, 2.45) is 5.73 Å². The van der Waals surface area contributed by atoms with Crippen LogP contribution >= 0.6 is 0 Å². The maximum atomic E-state index is 13.6. The summed E-state index contributed by atoms with van der Waals surface area (Å²) >= 11 is 0. The third kappa shape index (κ3) is 30.7.